The number of nitrogens with zero attached hydrogens (tertiary/aromatic N) is 5. The van der Waals surface area contributed by atoms with Gasteiger partial charge in [-0.2, -0.15) is 0 Å². The predicted octanol–water partition coefficient (Wildman–Crippen LogP) is 3.68. The number of aromatic nitrogens is 3. The monoisotopic (exact) mass is 365 g/mol. The Morgan fingerprint density at radius 1 is 1.07 bits per heavy atom. The molecule has 27 heavy (non-hydrogen) atoms. The molecule has 6 nitrogen and oxygen atoms in total. The van der Waals surface area contributed by atoms with Gasteiger partial charge in [0, 0.05) is 31.6 Å². The Bertz CT molecular complexity index is 921. The quantitative estimate of drug-likeness (QED) is 0.703. The smallest absolute Gasteiger partial charge is 0.208 e. The molecule has 0 amide bonds. The van der Waals surface area contributed by atoms with E-state index in [9.17, 15) is 0 Å². The molecule has 0 radical (unpaired) electrons. The maximum atomic E-state index is 5.73. The summed E-state index contributed by atoms with van der Waals surface area (Å²) in [7, 11) is 0. The van der Waals surface area contributed by atoms with Crippen molar-refractivity contribution in [2.75, 3.05) is 31.1 Å². The molecule has 0 atom stereocenters. The SMILES string of the molecule is Cc1nc(CN2CCN(c3ncnc4ccc(C(C)C)cc34)CC2)oc1C. The van der Waals surface area contributed by atoms with E-state index in [0.717, 1.165) is 66.8 Å². The Kier molecular flexibility index (Phi) is 4.83. The van der Waals surface area contributed by atoms with Crippen molar-refractivity contribution in [2.24, 2.45) is 0 Å². The Morgan fingerprint density at radius 3 is 2.52 bits per heavy atom. The number of benzene rings is 1. The Balaban J connectivity index is 1.50. The molecule has 3 aromatic rings. The van der Waals surface area contributed by atoms with Crippen LogP contribution in [0.3, 0.4) is 0 Å². The van der Waals surface area contributed by atoms with Crippen LogP contribution in [0.2, 0.25) is 0 Å². The zero-order chi connectivity index (χ0) is 19.0. The molecule has 1 aromatic carbocycles. The van der Waals surface area contributed by atoms with Crippen LogP contribution in [0.15, 0.2) is 28.9 Å². The molecule has 0 aliphatic carbocycles. The summed E-state index contributed by atoms with van der Waals surface area (Å²) in [6.07, 6.45) is 1.68. The molecule has 0 unspecified atom stereocenters. The number of hydrogen-bond donors (Lipinski definition) is 0. The highest BCUT2D eigenvalue weighted by Crippen LogP contribution is 2.27. The third-order valence-corrected chi connectivity index (χ3v) is 5.41. The minimum absolute atomic E-state index is 0.493. The lowest BCUT2D eigenvalue weighted by Gasteiger charge is -2.35. The van der Waals surface area contributed by atoms with Crippen molar-refractivity contribution in [3.8, 4) is 0 Å². The molecule has 1 fully saturated rings. The number of fused-ring (bicyclic) bond motifs is 1. The third kappa shape index (κ3) is 3.67. The molecule has 0 saturated carbocycles. The Labute approximate surface area is 160 Å². The number of hydrogen-bond acceptors (Lipinski definition) is 6. The fourth-order valence-corrected chi connectivity index (χ4v) is 3.59. The van der Waals surface area contributed by atoms with Crippen LogP contribution in [0.1, 0.15) is 42.7 Å². The van der Waals surface area contributed by atoms with E-state index < -0.39 is 0 Å². The van der Waals surface area contributed by atoms with E-state index in [-0.39, 0.29) is 0 Å². The van der Waals surface area contributed by atoms with Crippen LogP contribution in [0, 0.1) is 13.8 Å². The molecular weight excluding hydrogens is 338 g/mol. The maximum Gasteiger partial charge on any atom is 0.208 e. The van der Waals surface area contributed by atoms with Gasteiger partial charge in [-0.15, -0.1) is 0 Å². The molecule has 6 heteroatoms. The Hall–Kier alpha value is -2.47. The van der Waals surface area contributed by atoms with E-state index in [0.29, 0.717) is 5.92 Å². The van der Waals surface area contributed by atoms with Crippen molar-refractivity contribution in [2.45, 2.75) is 40.2 Å². The Morgan fingerprint density at radius 2 is 1.85 bits per heavy atom. The number of rotatable bonds is 4. The highest BCUT2D eigenvalue weighted by Gasteiger charge is 2.21. The van der Waals surface area contributed by atoms with Gasteiger partial charge in [-0.1, -0.05) is 19.9 Å². The van der Waals surface area contributed by atoms with Crippen molar-refractivity contribution in [1.82, 2.24) is 19.9 Å². The highest BCUT2D eigenvalue weighted by molar-refractivity contribution is 5.90. The highest BCUT2D eigenvalue weighted by atomic mass is 16.4. The van der Waals surface area contributed by atoms with E-state index in [1.807, 2.05) is 13.8 Å². The van der Waals surface area contributed by atoms with Crippen LogP contribution in [-0.2, 0) is 6.54 Å². The lowest BCUT2D eigenvalue weighted by Crippen LogP contribution is -2.46. The molecule has 0 spiro atoms. The van der Waals surface area contributed by atoms with Gasteiger partial charge in [0.2, 0.25) is 5.89 Å². The zero-order valence-corrected chi connectivity index (χ0v) is 16.6. The first-order valence-corrected chi connectivity index (χ1v) is 9.66. The molecule has 2 aromatic heterocycles. The summed E-state index contributed by atoms with van der Waals surface area (Å²) in [5.74, 6) is 3.27. The molecule has 0 bridgehead atoms. The first-order chi connectivity index (χ1) is 13.0. The second kappa shape index (κ2) is 7.27. The third-order valence-electron chi connectivity index (χ3n) is 5.41. The normalized spacial score (nSPS) is 15.8. The molecule has 4 rings (SSSR count). The van der Waals surface area contributed by atoms with E-state index >= 15 is 0 Å². The lowest BCUT2D eigenvalue weighted by atomic mass is 10.0. The van der Waals surface area contributed by atoms with E-state index in [1.54, 1.807) is 6.33 Å². The minimum Gasteiger partial charge on any atom is -0.444 e. The molecule has 1 aliphatic rings. The number of piperazine rings is 1. The average Bonchev–Trinajstić information content (AvgIpc) is 2.98. The fourth-order valence-electron chi connectivity index (χ4n) is 3.59. The van der Waals surface area contributed by atoms with E-state index in [2.05, 4.69) is 56.8 Å². The first kappa shape index (κ1) is 17.9. The standard InChI is InChI=1S/C21H27N5O/c1-14(2)17-5-6-19-18(11-17)21(23-13-22-19)26-9-7-25(8-10-26)12-20-24-15(3)16(4)27-20/h5-6,11,13-14H,7-10,12H2,1-4H3. The van der Waals surface area contributed by atoms with Crippen LogP contribution in [-0.4, -0.2) is 46.0 Å². The van der Waals surface area contributed by atoms with Crippen molar-refractivity contribution < 1.29 is 4.42 Å². The van der Waals surface area contributed by atoms with Gasteiger partial charge < -0.3 is 9.32 Å². The van der Waals surface area contributed by atoms with Crippen LogP contribution in [0.4, 0.5) is 5.82 Å². The van der Waals surface area contributed by atoms with Crippen LogP contribution < -0.4 is 4.90 Å². The number of oxazole rings is 1. The zero-order valence-electron chi connectivity index (χ0n) is 16.6. The second-order valence-corrected chi connectivity index (χ2v) is 7.64. The summed E-state index contributed by atoms with van der Waals surface area (Å²) in [6.45, 7) is 13.0. The first-order valence-electron chi connectivity index (χ1n) is 9.66. The van der Waals surface area contributed by atoms with Gasteiger partial charge in [0.15, 0.2) is 0 Å². The number of aryl methyl sites for hydroxylation is 2. The predicted molar refractivity (Wildman–Crippen MR) is 107 cm³/mol. The van der Waals surface area contributed by atoms with Gasteiger partial charge in [0.25, 0.3) is 0 Å². The molecule has 1 saturated heterocycles. The van der Waals surface area contributed by atoms with Crippen molar-refractivity contribution in [3.63, 3.8) is 0 Å². The van der Waals surface area contributed by atoms with Gasteiger partial charge in [0.1, 0.15) is 17.9 Å². The number of anilines is 1. The maximum absolute atomic E-state index is 5.73. The van der Waals surface area contributed by atoms with Gasteiger partial charge >= 0.3 is 0 Å². The van der Waals surface area contributed by atoms with Gasteiger partial charge in [-0.3, -0.25) is 4.90 Å². The topological polar surface area (TPSA) is 58.3 Å². The summed E-state index contributed by atoms with van der Waals surface area (Å²) in [4.78, 5) is 18.3. The average molecular weight is 365 g/mol. The van der Waals surface area contributed by atoms with Crippen LogP contribution >= 0.6 is 0 Å². The van der Waals surface area contributed by atoms with Crippen LogP contribution in [0.25, 0.3) is 10.9 Å². The lowest BCUT2D eigenvalue weighted by molar-refractivity contribution is 0.224. The van der Waals surface area contributed by atoms with Gasteiger partial charge in [0.05, 0.1) is 17.8 Å². The van der Waals surface area contributed by atoms with Crippen LogP contribution in [0.5, 0.6) is 0 Å². The second-order valence-electron chi connectivity index (χ2n) is 7.64. The molecule has 0 N–H and O–H groups in total. The van der Waals surface area contributed by atoms with E-state index in [1.165, 1.54) is 5.56 Å². The fraction of sp³-hybridized carbons (Fsp3) is 0.476. The van der Waals surface area contributed by atoms with Gasteiger partial charge in [-0.25, -0.2) is 15.0 Å². The summed E-state index contributed by atoms with van der Waals surface area (Å²) in [5, 5.41) is 1.15. The summed E-state index contributed by atoms with van der Waals surface area (Å²) >= 11 is 0. The molecule has 142 valence electrons. The largest absolute Gasteiger partial charge is 0.444 e. The molecule has 1 aliphatic heterocycles. The summed E-state index contributed by atoms with van der Waals surface area (Å²) < 4.78 is 5.73. The van der Waals surface area contributed by atoms with E-state index in [4.69, 9.17) is 4.42 Å². The minimum atomic E-state index is 0.493. The summed E-state index contributed by atoms with van der Waals surface area (Å²) in [5.41, 5.74) is 3.32. The molecular formula is C21H27N5O. The van der Waals surface area contributed by atoms with Crippen molar-refractivity contribution in [3.05, 3.63) is 47.4 Å². The van der Waals surface area contributed by atoms with Crippen molar-refractivity contribution in [1.29, 1.82) is 0 Å². The summed E-state index contributed by atoms with van der Waals surface area (Å²) in [6, 6.07) is 6.53. The van der Waals surface area contributed by atoms with Gasteiger partial charge in [-0.05, 0) is 37.5 Å². The molecule has 3 heterocycles. The van der Waals surface area contributed by atoms with Crippen molar-refractivity contribution >= 4 is 16.7 Å².